The Morgan fingerprint density at radius 1 is 1.33 bits per heavy atom. The molecule has 33 heavy (non-hydrogen) atoms. The fourth-order valence-electron chi connectivity index (χ4n) is 4.31. The van der Waals surface area contributed by atoms with E-state index in [0.29, 0.717) is 23.5 Å². The van der Waals surface area contributed by atoms with Gasteiger partial charge in [-0.3, -0.25) is 4.79 Å². The molecule has 2 aromatic rings. The first-order valence-electron chi connectivity index (χ1n) is 10.4. The molecule has 1 aromatic carbocycles. The zero-order chi connectivity index (χ0) is 23.9. The predicted octanol–water partition coefficient (Wildman–Crippen LogP) is 3.97. The molecule has 2 unspecified atom stereocenters. The van der Waals surface area contributed by atoms with Crippen molar-refractivity contribution in [1.82, 2.24) is 9.88 Å². The van der Waals surface area contributed by atoms with E-state index < -0.39 is 29.7 Å². The summed E-state index contributed by atoms with van der Waals surface area (Å²) in [7, 11) is 3.02. The minimum absolute atomic E-state index is 0.0366. The van der Waals surface area contributed by atoms with Gasteiger partial charge in [0, 0.05) is 36.2 Å². The number of anilines is 1. The van der Waals surface area contributed by atoms with Gasteiger partial charge in [0.15, 0.2) is 11.6 Å². The minimum Gasteiger partial charge on any atom is -0.497 e. The number of hydrogen-bond donors (Lipinski definition) is 2. The van der Waals surface area contributed by atoms with Gasteiger partial charge in [-0.2, -0.15) is 0 Å². The lowest BCUT2D eigenvalue weighted by Crippen LogP contribution is -2.55. The second-order valence-electron chi connectivity index (χ2n) is 8.19. The maximum absolute atomic E-state index is 15.3. The second kappa shape index (κ2) is 8.90. The third kappa shape index (κ3) is 4.29. The van der Waals surface area contributed by atoms with Crippen molar-refractivity contribution in [3.05, 3.63) is 45.9 Å². The average Bonchev–Trinajstić information content (AvgIpc) is 3.12. The van der Waals surface area contributed by atoms with E-state index in [-0.39, 0.29) is 48.0 Å². The molecule has 0 radical (unpaired) electrons. The van der Waals surface area contributed by atoms with Crippen LogP contribution in [0.2, 0.25) is 5.15 Å². The van der Waals surface area contributed by atoms with Crippen LogP contribution >= 0.6 is 11.6 Å². The number of ether oxygens (including phenoxy) is 2. The number of benzene rings is 1. The lowest BCUT2D eigenvalue weighted by atomic mass is 9.87. The van der Waals surface area contributed by atoms with Gasteiger partial charge in [-0.05, 0) is 25.0 Å². The number of methoxy groups -OCH3 is 2. The molecule has 11 heteroatoms. The van der Waals surface area contributed by atoms with Gasteiger partial charge in [0.25, 0.3) is 11.8 Å². The Morgan fingerprint density at radius 3 is 2.79 bits per heavy atom. The number of amides is 1. The smallest absolute Gasteiger partial charge is 0.264 e. The third-order valence-electron chi connectivity index (χ3n) is 6.16. The number of carbonyl (C=O) groups excluding carboxylic acids is 1. The Hall–Kier alpha value is -2.72. The maximum Gasteiger partial charge on any atom is 0.264 e. The number of nitrogens with zero attached hydrogens (tertiary/aromatic N) is 2. The number of pyridine rings is 1. The van der Waals surface area contributed by atoms with Crippen molar-refractivity contribution in [2.75, 3.05) is 19.5 Å². The molecular weight excluding hydrogens is 461 g/mol. The molecule has 1 aromatic heterocycles. The fourth-order valence-corrected chi connectivity index (χ4v) is 4.59. The molecule has 2 atom stereocenters. The zero-order valence-electron chi connectivity index (χ0n) is 18.1. The van der Waals surface area contributed by atoms with E-state index in [0.717, 1.165) is 0 Å². The Kier molecular flexibility index (Phi) is 6.32. The van der Waals surface area contributed by atoms with Crippen molar-refractivity contribution in [2.24, 2.45) is 5.73 Å². The van der Waals surface area contributed by atoms with Crippen LogP contribution in [0.4, 0.5) is 19.0 Å². The highest BCUT2D eigenvalue weighted by Gasteiger charge is 2.45. The summed E-state index contributed by atoms with van der Waals surface area (Å²) in [5.41, 5.74) is 6.42. The molecular formula is C22H24ClF3N4O3. The summed E-state index contributed by atoms with van der Waals surface area (Å²) in [4.78, 5) is 18.3. The Bertz CT molecular complexity index is 1090. The molecule has 4 rings (SSSR count). The van der Waals surface area contributed by atoms with Gasteiger partial charge in [-0.25, -0.2) is 18.2 Å². The summed E-state index contributed by atoms with van der Waals surface area (Å²) >= 11 is 6.23. The summed E-state index contributed by atoms with van der Waals surface area (Å²) in [6.45, 7) is 0.0813. The van der Waals surface area contributed by atoms with Crippen LogP contribution in [-0.4, -0.2) is 48.0 Å². The van der Waals surface area contributed by atoms with Gasteiger partial charge in [0.05, 0.1) is 32.4 Å². The van der Waals surface area contributed by atoms with E-state index in [2.05, 4.69) is 10.3 Å². The van der Waals surface area contributed by atoms with Crippen LogP contribution in [0.3, 0.4) is 0 Å². The van der Waals surface area contributed by atoms with Crippen molar-refractivity contribution < 1.29 is 27.4 Å². The highest BCUT2D eigenvalue weighted by atomic mass is 35.5. The van der Waals surface area contributed by atoms with Crippen LogP contribution in [0.1, 0.15) is 40.7 Å². The monoisotopic (exact) mass is 484 g/mol. The number of alkyl halides is 2. The van der Waals surface area contributed by atoms with Crippen LogP contribution in [0.5, 0.6) is 11.5 Å². The quantitative estimate of drug-likeness (QED) is 0.603. The molecule has 7 nitrogen and oxygen atoms in total. The average molecular weight is 485 g/mol. The van der Waals surface area contributed by atoms with Crippen LogP contribution in [0.25, 0.3) is 0 Å². The van der Waals surface area contributed by atoms with E-state index in [4.69, 9.17) is 26.8 Å². The van der Waals surface area contributed by atoms with Gasteiger partial charge in [-0.1, -0.05) is 11.6 Å². The van der Waals surface area contributed by atoms with E-state index >= 15 is 4.39 Å². The molecule has 2 aliphatic rings. The normalized spacial score (nSPS) is 21.7. The van der Waals surface area contributed by atoms with Crippen molar-refractivity contribution >= 4 is 23.3 Å². The van der Waals surface area contributed by atoms with Gasteiger partial charge >= 0.3 is 0 Å². The first kappa shape index (κ1) is 23.4. The van der Waals surface area contributed by atoms with Crippen molar-refractivity contribution in [3.63, 3.8) is 0 Å². The van der Waals surface area contributed by atoms with Crippen LogP contribution < -0.4 is 20.5 Å². The summed E-state index contributed by atoms with van der Waals surface area (Å²) in [6, 6.07) is 2.80. The number of nitrogens with one attached hydrogen (secondary N) is 1. The van der Waals surface area contributed by atoms with Crippen molar-refractivity contribution in [2.45, 2.75) is 50.4 Å². The van der Waals surface area contributed by atoms with E-state index in [1.807, 2.05) is 0 Å². The molecule has 178 valence electrons. The van der Waals surface area contributed by atoms with Gasteiger partial charge < -0.3 is 25.4 Å². The van der Waals surface area contributed by atoms with E-state index in [1.165, 1.54) is 19.1 Å². The largest absolute Gasteiger partial charge is 0.497 e. The summed E-state index contributed by atoms with van der Waals surface area (Å²) in [6.07, 6.45) is 0.273. The SMILES string of the molecule is COc1ccc(CN2Cc3c(F)c(NC4CCCC(F)(F)C4N)nc(Cl)c3C2=O)c(OC)c1. The van der Waals surface area contributed by atoms with E-state index in [1.54, 1.807) is 18.2 Å². The van der Waals surface area contributed by atoms with Gasteiger partial charge in [0.2, 0.25) is 0 Å². The highest BCUT2D eigenvalue weighted by Crippen LogP contribution is 2.38. The molecule has 1 amide bonds. The summed E-state index contributed by atoms with van der Waals surface area (Å²) < 4.78 is 53.9. The van der Waals surface area contributed by atoms with Gasteiger partial charge in [0.1, 0.15) is 16.7 Å². The number of fused-ring (bicyclic) bond motifs is 1. The Balaban J connectivity index is 1.59. The fraction of sp³-hybridized carbons (Fsp3) is 0.455. The second-order valence-corrected chi connectivity index (χ2v) is 8.55. The van der Waals surface area contributed by atoms with Crippen LogP contribution in [-0.2, 0) is 13.1 Å². The van der Waals surface area contributed by atoms with Gasteiger partial charge in [-0.15, -0.1) is 0 Å². The summed E-state index contributed by atoms with van der Waals surface area (Å²) in [5.74, 6) is -3.52. The lowest BCUT2D eigenvalue weighted by molar-refractivity contribution is -0.0555. The third-order valence-corrected chi connectivity index (χ3v) is 6.44. The Labute approximate surface area is 194 Å². The molecule has 3 N–H and O–H groups in total. The van der Waals surface area contributed by atoms with Crippen LogP contribution in [0.15, 0.2) is 18.2 Å². The standard InChI is InChI=1S/C22H24ClF3N4O3/c1-32-12-6-5-11(15(8-12)33-2)9-30-10-13-16(21(30)31)19(23)29-20(17(13)24)28-14-4-3-7-22(25,26)18(14)27/h5-6,8,14,18H,3-4,7,9-10,27H2,1-2H3,(H,28,29). The zero-order valence-corrected chi connectivity index (χ0v) is 18.9. The number of rotatable bonds is 6. The number of carbonyl (C=O) groups is 1. The molecule has 1 aliphatic carbocycles. The molecule has 1 aliphatic heterocycles. The minimum atomic E-state index is -3.06. The first-order valence-corrected chi connectivity index (χ1v) is 10.8. The highest BCUT2D eigenvalue weighted by molar-refractivity contribution is 6.33. The number of halogens is 4. The predicted molar refractivity (Wildman–Crippen MR) is 117 cm³/mol. The molecule has 0 bridgehead atoms. The van der Waals surface area contributed by atoms with Crippen molar-refractivity contribution in [3.8, 4) is 11.5 Å². The molecule has 0 spiro atoms. The lowest BCUT2D eigenvalue weighted by Gasteiger charge is -2.36. The molecule has 0 saturated heterocycles. The molecule has 2 heterocycles. The Morgan fingerprint density at radius 2 is 2.09 bits per heavy atom. The topological polar surface area (TPSA) is 89.7 Å². The van der Waals surface area contributed by atoms with Crippen molar-refractivity contribution in [1.29, 1.82) is 0 Å². The number of nitrogens with two attached hydrogens (primary N) is 1. The molecule has 1 fully saturated rings. The number of hydrogen-bond acceptors (Lipinski definition) is 6. The number of aromatic nitrogens is 1. The maximum atomic E-state index is 15.3. The van der Waals surface area contributed by atoms with Crippen LogP contribution in [0, 0.1) is 5.82 Å². The first-order chi connectivity index (χ1) is 15.7. The summed E-state index contributed by atoms with van der Waals surface area (Å²) in [5, 5.41) is 2.50. The van der Waals surface area contributed by atoms with E-state index in [9.17, 15) is 13.6 Å². The molecule has 1 saturated carbocycles.